The van der Waals surface area contributed by atoms with Crippen LogP contribution in [0.5, 0.6) is 5.75 Å². The summed E-state index contributed by atoms with van der Waals surface area (Å²) in [4.78, 5) is 0. The molecule has 0 saturated heterocycles. The molecule has 0 bridgehead atoms. The van der Waals surface area contributed by atoms with Gasteiger partial charge in [0.1, 0.15) is 11.6 Å². The van der Waals surface area contributed by atoms with Crippen LogP contribution >= 0.6 is 11.6 Å². The lowest BCUT2D eigenvalue weighted by molar-refractivity contribution is 0.456. The van der Waals surface area contributed by atoms with Gasteiger partial charge in [-0.15, -0.1) is 0 Å². The van der Waals surface area contributed by atoms with E-state index in [4.69, 9.17) is 23.1 Å². The summed E-state index contributed by atoms with van der Waals surface area (Å²) in [7, 11) is 0. The van der Waals surface area contributed by atoms with Crippen LogP contribution in [0.3, 0.4) is 0 Å². The molecular formula is C9H12ClFN2O. The highest BCUT2D eigenvalue weighted by molar-refractivity contribution is 6.32. The van der Waals surface area contributed by atoms with Gasteiger partial charge in [-0.3, -0.25) is 0 Å². The van der Waals surface area contributed by atoms with Gasteiger partial charge in [-0.2, -0.15) is 0 Å². The second-order valence-electron chi connectivity index (χ2n) is 3.01. The average Bonchev–Trinajstić information content (AvgIpc) is 2.11. The summed E-state index contributed by atoms with van der Waals surface area (Å²) in [6.45, 7) is 0.370. The first-order valence-electron chi connectivity index (χ1n) is 4.19. The maximum atomic E-state index is 12.9. The van der Waals surface area contributed by atoms with E-state index >= 15 is 0 Å². The van der Waals surface area contributed by atoms with Gasteiger partial charge in [0.25, 0.3) is 0 Å². The Morgan fingerprint density at radius 1 is 1.50 bits per heavy atom. The van der Waals surface area contributed by atoms with E-state index < -0.39 is 11.9 Å². The first-order chi connectivity index (χ1) is 6.56. The van der Waals surface area contributed by atoms with Crippen LogP contribution < -0.4 is 11.5 Å². The van der Waals surface area contributed by atoms with Crippen molar-refractivity contribution >= 4 is 11.6 Å². The lowest BCUT2D eigenvalue weighted by Gasteiger charge is -2.13. The van der Waals surface area contributed by atoms with Gasteiger partial charge in [0.2, 0.25) is 0 Å². The number of hydrogen-bond donors (Lipinski definition) is 3. The Kier molecular flexibility index (Phi) is 3.69. The van der Waals surface area contributed by atoms with E-state index in [9.17, 15) is 9.50 Å². The Morgan fingerprint density at radius 2 is 2.14 bits per heavy atom. The van der Waals surface area contributed by atoms with E-state index in [0.29, 0.717) is 18.5 Å². The van der Waals surface area contributed by atoms with Crippen LogP contribution in [-0.4, -0.2) is 11.7 Å². The van der Waals surface area contributed by atoms with Crippen LogP contribution in [-0.2, 0) is 0 Å². The zero-order valence-electron chi connectivity index (χ0n) is 7.50. The molecule has 0 heterocycles. The van der Waals surface area contributed by atoms with Crippen molar-refractivity contribution < 1.29 is 9.50 Å². The van der Waals surface area contributed by atoms with Gasteiger partial charge in [0, 0.05) is 11.6 Å². The Bertz CT molecular complexity index is 333. The molecule has 1 atom stereocenters. The molecule has 0 fully saturated rings. The summed E-state index contributed by atoms with van der Waals surface area (Å²) in [5.41, 5.74) is 11.3. The highest BCUT2D eigenvalue weighted by Gasteiger charge is 2.14. The molecule has 0 aliphatic carbocycles. The smallest absolute Gasteiger partial charge is 0.139 e. The number of phenolic OH excluding ortho intramolecular Hbond substituents is 1. The maximum Gasteiger partial charge on any atom is 0.139 e. The highest BCUT2D eigenvalue weighted by Crippen LogP contribution is 2.32. The van der Waals surface area contributed by atoms with Gasteiger partial charge in [-0.25, -0.2) is 4.39 Å². The van der Waals surface area contributed by atoms with Crippen molar-refractivity contribution in [3.63, 3.8) is 0 Å². The summed E-state index contributed by atoms with van der Waals surface area (Å²) >= 11 is 5.59. The molecule has 5 heteroatoms. The summed E-state index contributed by atoms with van der Waals surface area (Å²) in [6, 6.07) is 1.71. The van der Waals surface area contributed by atoms with Crippen molar-refractivity contribution in [2.75, 3.05) is 6.54 Å². The van der Waals surface area contributed by atoms with E-state index in [1.807, 2.05) is 0 Å². The van der Waals surface area contributed by atoms with Crippen LogP contribution in [0, 0.1) is 5.82 Å². The van der Waals surface area contributed by atoms with Crippen LogP contribution in [0.1, 0.15) is 18.0 Å². The van der Waals surface area contributed by atoms with Crippen LogP contribution in [0.4, 0.5) is 4.39 Å². The second-order valence-corrected chi connectivity index (χ2v) is 3.42. The molecule has 78 valence electrons. The Morgan fingerprint density at radius 3 is 2.71 bits per heavy atom. The predicted molar refractivity (Wildman–Crippen MR) is 53.7 cm³/mol. The van der Waals surface area contributed by atoms with Crippen LogP contribution in [0.2, 0.25) is 5.02 Å². The van der Waals surface area contributed by atoms with Crippen molar-refractivity contribution in [2.24, 2.45) is 11.5 Å². The number of rotatable bonds is 3. The Balaban J connectivity index is 3.07. The molecule has 0 amide bonds. The third-order valence-corrected chi connectivity index (χ3v) is 2.22. The zero-order valence-corrected chi connectivity index (χ0v) is 8.26. The van der Waals surface area contributed by atoms with Gasteiger partial charge < -0.3 is 16.6 Å². The van der Waals surface area contributed by atoms with Gasteiger partial charge in [-0.05, 0) is 25.1 Å². The van der Waals surface area contributed by atoms with E-state index in [1.165, 1.54) is 6.07 Å². The van der Waals surface area contributed by atoms with E-state index in [2.05, 4.69) is 0 Å². The molecule has 0 aromatic heterocycles. The lowest BCUT2D eigenvalue weighted by Crippen LogP contribution is -2.15. The molecule has 1 aromatic carbocycles. The number of nitrogens with two attached hydrogens (primary N) is 2. The number of halogens is 2. The third kappa shape index (κ3) is 2.35. The SMILES string of the molecule is NCC[C@@H](N)c1cc(F)cc(Cl)c1O. The molecule has 0 aliphatic rings. The summed E-state index contributed by atoms with van der Waals surface area (Å²) in [5.74, 6) is -0.690. The molecule has 0 saturated carbocycles. The second kappa shape index (κ2) is 4.59. The molecule has 0 radical (unpaired) electrons. The average molecular weight is 219 g/mol. The van der Waals surface area contributed by atoms with Gasteiger partial charge in [0.05, 0.1) is 5.02 Å². The largest absolute Gasteiger partial charge is 0.506 e. The molecule has 3 nitrogen and oxygen atoms in total. The first-order valence-corrected chi connectivity index (χ1v) is 4.57. The molecule has 5 N–H and O–H groups in total. The minimum atomic E-state index is -0.518. The lowest BCUT2D eigenvalue weighted by atomic mass is 10.0. The number of benzene rings is 1. The van der Waals surface area contributed by atoms with E-state index in [0.717, 1.165) is 6.07 Å². The highest BCUT2D eigenvalue weighted by atomic mass is 35.5. The van der Waals surface area contributed by atoms with Gasteiger partial charge in [-0.1, -0.05) is 11.6 Å². The molecule has 0 unspecified atom stereocenters. The Hall–Kier alpha value is -0.840. The number of hydrogen-bond acceptors (Lipinski definition) is 3. The number of phenols is 1. The van der Waals surface area contributed by atoms with Crippen molar-refractivity contribution in [1.82, 2.24) is 0 Å². The Labute approximate surface area is 86.5 Å². The summed E-state index contributed by atoms with van der Waals surface area (Å²) < 4.78 is 12.9. The molecule has 0 aliphatic heterocycles. The zero-order chi connectivity index (χ0) is 10.7. The fourth-order valence-electron chi connectivity index (χ4n) is 1.20. The fraction of sp³-hybridized carbons (Fsp3) is 0.333. The summed E-state index contributed by atoms with van der Waals surface area (Å²) in [5, 5.41) is 9.46. The monoisotopic (exact) mass is 218 g/mol. The van der Waals surface area contributed by atoms with Crippen molar-refractivity contribution in [3.05, 3.63) is 28.5 Å². The fourth-order valence-corrected chi connectivity index (χ4v) is 1.42. The standard InChI is InChI=1S/C9H12ClFN2O/c10-7-4-5(11)3-6(9(7)14)8(13)1-2-12/h3-4,8,14H,1-2,12-13H2/t8-/m1/s1. The molecule has 14 heavy (non-hydrogen) atoms. The van der Waals surface area contributed by atoms with Gasteiger partial charge in [0.15, 0.2) is 0 Å². The molecule has 1 aromatic rings. The minimum Gasteiger partial charge on any atom is -0.506 e. The maximum absolute atomic E-state index is 12.9. The molecule has 1 rings (SSSR count). The predicted octanol–water partition coefficient (Wildman–Crippen LogP) is 1.53. The topological polar surface area (TPSA) is 72.3 Å². The van der Waals surface area contributed by atoms with Crippen LogP contribution in [0.25, 0.3) is 0 Å². The van der Waals surface area contributed by atoms with Gasteiger partial charge >= 0.3 is 0 Å². The van der Waals surface area contributed by atoms with Crippen molar-refractivity contribution in [3.8, 4) is 5.75 Å². The van der Waals surface area contributed by atoms with E-state index in [1.54, 1.807) is 0 Å². The van der Waals surface area contributed by atoms with Crippen molar-refractivity contribution in [1.29, 1.82) is 0 Å². The third-order valence-electron chi connectivity index (χ3n) is 1.93. The normalized spacial score (nSPS) is 12.9. The molecule has 0 spiro atoms. The molecular weight excluding hydrogens is 207 g/mol. The van der Waals surface area contributed by atoms with Crippen molar-refractivity contribution in [2.45, 2.75) is 12.5 Å². The quantitative estimate of drug-likeness (QED) is 0.721. The summed E-state index contributed by atoms with van der Waals surface area (Å²) in [6.07, 6.45) is 0.466. The van der Waals surface area contributed by atoms with E-state index in [-0.39, 0.29) is 10.8 Å². The number of aromatic hydroxyl groups is 1. The minimum absolute atomic E-state index is 0.0347. The first kappa shape index (κ1) is 11.2. The van der Waals surface area contributed by atoms with Crippen LogP contribution in [0.15, 0.2) is 12.1 Å².